The molecule has 0 saturated carbocycles. The van der Waals surface area contributed by atoms with Crippen molar-refractivity contribution in [3.63, 3.8) is 0 Å². The number of aromatic nitrogens is 4. The molecule has 0 aliphatic heterocycles. The van der Waals surface area contributed by atoms with Gasteiger partial charge in [0, 0.05) is 43.1 Å². The molecule has 9 rings (SSSR count). The molecule has 0 bridgehead atoms. The number of para-hydroxylation sites is 2. The molecule has 0 aliphatic carbocycles. The average molecular weight is 1100 g/mol. The monoisotopic (exact) mass is 1100 g/mol. The summed E-state index contributed by atoms with van der Waals surface area (Å²) < 4.78 is 3.51. The summed E-state index contributed by atoms with van der Waals surface area (Å²) in [6.07, 6.45) is 3.24. The normalized spacial score (nSPS) is 11.3. The zero-order valence-electron chi connectivity index (χ0n) is 39.7. The number of fused-ring (bicyclic) bond motifs is 2. The van der Waals surface area contributed by atoms with Crippen LogP contribution in [0.15, 0.2) is 134 Å². The van der Waals surface area contributed by atoms with Gasteiger partial charge in [-0.2, -0.15) is 11.3 Å². The van der Waals surface area contributed by atoms with Crippen LogP contribution in [0.1, 0.15) is 96.0 Å². The third-order valence-corrected chi connectivity index (χ3v) is 15.2. The van der Waals surface area contributed by atoms with E-state index in [9.17, 15) is 0 Å². The molecule has 7 heteroatoms. The topological polar surface area (TPSA) is 43.6 Å². The van der Waals surface area contributed by atoms with Crippen LogP contribution >= 0.6 is 11.3 Å². The predicted octanol–water partition coefficient (Wildman–Crippen LogP) is 16.9. The number of hydrogen-bond acceptors (Lipinski definition) is 4. The molecule has 0 spiro atoms. The number of thiazole rings is 1. The predicted molar refractivity (Wildman–Crippen MR) is 291 cm³/mol. The van der Waals surface area contributed by atoms with Crippen molar-refractivity contribution in [3.05, 3.63) is 174 Å². The maximum absolute atomic E-state index is 5.32. The van der Waals surface area contributed by atoms with Crippen molar-refractivity contribution in [1.29, 1.82) is 0 Å². The van der Waals surface area contributed by atoms with Gasteiger partial charge in [0.1, 0.15) is 5.01 Å². The van der Waals surface area contributed by atoms with Crippen LogP contribution in [0.25, 0.3) is 71.3 Å². The van der Waals surface area contributed by atoms with Gasteiger partial charge in [-0.3, -0.25) is 9.97 Å². The van der Waals surface area contributed by atoms with Crippen molar-refractivity contribution in [2.45, 2.75) is 108 Å². The maximum Gasteiger partial charge on any atom is 0.114 e. The third-order valence-electron chi connectivity index (χ3n) is 12.0. The minimum absolute atomic E-state index is 0. The van der Waals surface area contributed by atoms with Gasteiger partial charge in [0.2, 0.25) is 0 Å². The van der Waals surface area contributed by atoms with E-state index >= 15 is 0 Å². The number of hydrogen-bond donors (Lipinski definition) is 0. The zero-order valence-corrected chi connectivity index (χ0v) is 43.9. The zero-order chi connectivity index (χ0) is 45.3. The molecule has 3 heterocycles. The van der Waals surface area contributed by atoms with Crippen LogP contribution in [0, 0.1) is 31.9 Å². The molecule has 1 radical (unpaired) electrons. The molecule has 0 N–H and O–H groups in total. The minimum atomic E-state index is -1.34. The summed E-state index contributed by atoms with van der Waals surface area (Å²) >= 11 is 1.74. The summed E-state index contributed by atoms with van der Waals surface area (Å²) in [5.41, 5.74) is 17.7. The number of benzene rings is 6. The molecule has 349 valence electrons. The SMILES string of the molecule is C.C.CC(C)Cc1cc(-c2[c-]cccc2)ncc1[Si](C)(C)C.Cc1cccc(C)c1-c1nc2cc[c-]c(-c3nc4ccccc4n3-c3c(C(C)C)cc(-c4ccccc4)cc3C(C)C)c2s1.[Ir]. The van der Waals surface area contributed by atoms with Crippen LogP contribution in [0.5, 0.6) is 0 Å². The Labute approximate surface area is 420 Å². The van der Waals surface area contributed by atoms with Crippen LogP contribution in [-0.2, 0) is 26.5 Å². The van der Waals surface area contributed by atoms with Crippen LogP contribution in [0.3, 0.4) is 0 Å². The van der Waals surface area contributed by atoms with Crippen molar-refractivity contribution in [3.8, 4) is 50.0 Å². The van der Waals surface area contributed by atoms with Crippen molar-refractivity contribution in [2.75, 3.05) is 0 Å². The van der Waals surface area contributed by atoms with E-state index in [1.165, 1.54) is 55.4 Å². The van der Waals surface area contributed by atoms with Gasteiger partial charge in [-0.1, -0.05) is 154 Å². The van der Waals surface area contributed by atoms with Crippen molar-refractivity contribution < 1.29 is 20.1 Å². The van der Waals surface area contributed by atoms with Crippen LogP contribution < -0.4 is 5.19 Å². The Morgan fingerprint density at radius 1 is 0.657 bits per heavy atom. The molecule has 0 fully saturated rings. The molecule has 6 aromatic carbocycles. The molecule has 0 aliphatic rings. The van der Waals surface area contributed by atoms with E-state index in [-0.39, 0.29) is 35.0 Å². The summed E-state index contributed by atoms with van der Waals surface area (Å²) in [4.78, 5) is 15.2. The van der Waals surface area contributed by atoms with Crippen molar-refractivity contribution in [2.24, 2.45) is 5.92 Å². The first-order valence-corrected chi connectivity index (χ1v) is 27.1. The first kappa shape index (κ1) is 52.7. The Morgan fingerprint density at radius 3 is 1.91 bits per heavy atom. The molecule has 67 heavy (non-hydrogen) atoms. The van der Waals surface area contributed by atoms with E-state index in [2.05, 4.69) is 206 Å². The second-order valence-electron chi connectivity index (χ2n) is 19.1. The van der Waals surface area contributed by atoms with E-state index < -0.39 is 8.07 Å². The smallest absolute Gasteiger partial charge is 0.114 e. The van der Waals surface area contributed by atoms with Crippen molar-refractivity contribution in [1.82, 2.24) is 19.5 Å². The van der Waals surface area contributed by atoms with Gasteiger partial charge in [0.05, 0.1) is 24.9 Å². The van der Waals surface area contributed by atoms with E-state index in [1.54, 1.807) is 11.3 Å². The Hall–Kier alpha value is -5.30. The average Bonchev–Trinajstić information content (AvgIpc) is 3.88. The molecule has 3 aromatic heterocycles. The van der Waals surface area contributed by atoms with Gasteiger partial charge in [-0.15, -0.1) is 54.1 Å². The molecular weight excluding hydrogens is 1030 g/mol. The third kappa shape index (κ3) is 11.2. The van der Waals surface area contributed by atoms with E-state index in [4.69, 9.17) is 9.97 Å². The summed E-state index contributed by atoms with van der Waals surface area (Å²) in [7, 11) is -1.34. The van der Waals surface area contributed by atoms with E-state index in [0.717, 1.165) is 55.3 Å². The number of pyridine rings is 1. The van der Waals surface area contributed by atoms with Crippen molar-refractivity contribution >= 4 is 45.8 Å². The number of imidazole rings is 1. The fourth-order valence-electron chi connectivity index (χ4n) is 8.84. The Morgan fingerprint density at radius 2 is 1.30 bits per heavy atom. The van der Waals surface area contributed by atoms with E-state index in [1.807, 2.05) is 24.3 Å². The molecule has 4 nitrogen and oxygen atoms in total. The van der Waals surface area contributed by atoms with Gasteiger partial charge in [-0.25, -0.2) is 0 Å². The minimum Gasteiger partial charge on any atom is -0.333 e. The fraction of sp³-hybridized carbons (Fsp3) is 0.283. The van der Waals surface area contributed by atoms with Crippen LogP contribution in [-0.4, -0.2) is 27.6 Å². The Kier molecular flexibility index (Phi) is 17.5. The molecule has 9 aromatic rings. The van der Waals surface area contributed by atoms with Crippen LogP contribution in [0.4, 0.5) is 0 Å². The standard InChI is InChI=1S/C40H36N3S.C18H24NSi.2CH4.Ir/c1-24(2)31-22-29(28-16-8-7-9-17-28)23-32(25(3)4)37(31)43-35-21-11-10-19-33(35)41-39(43)30-18-13-20-34-38(30)44-40(42-34)36-26(5)14-12-15-27(36)6;1-14(2)11-16-12-17(15-9-7-6-8-10-15)19-13-18(16)20(3,4)5;;;/h7-17,19-25H,1-6H3;6-9,12-14H,11H2,1-5H3;2*1H4;/q2*-1;;;. The molecule has 0 saturated heterocycles. The van der Waals surface area contributed by atoms with Gasteiger partial charge in [-0.05, 0) is 111 Å². The molecule has 0 amide bonds. The number of nitrogens with zero attached hydrogens (tertiary/aromatic N) is 4. The quantitative estimate of drug-likeness (QED) is 0.101. The van der Waals surface area contributed by atoms with Gasteiger partial charge in [0.25, 0.3) is 0 Å². The second-order valence-corrected chi connectivity index (χ2v) is 25.2. The molecular formula is C60H68IrN4SSi-2. The first-order valence-electron chi connectivity index (χ1n) is 22.7. The number of rotatable bonds is 10. The van der Waals surface area contributed by atoms with Gasteiger partial charge in [0.15, 0.2) is 0 Å². The Balaban J connectivity index is 0.000000310. The van der Waals surface area contributed by atoms with Gasteiger partial charge < -0.3 is 9.55 Å². The molecule has 0 atom stereocenters. The summed E-state index contributed by atoms with van der Waals surface area (Å²) in [5.74, 6) is 2.18. The maximum atomic E-state index is 5.32. The molecule has 0 unspecified atom stereocenters. The van der Waals surface area contributed by atoms with Crippen LogP contribution in [0.2, 0.25) is 19.6 Å². The Bertz CT molecular complexity index is 3020. The second kappa shape index (κ2) is 22.2. The number of aryl methyl sites for hydroxylation is 2. The van der Waals surface area contributed by atoms with Gasteiger partial charge >= 0.3 is 0 Å². The summed E-state index contributed by atoms with van der Waals surface area (Å²) in [5, 5.41) is 2.53. The summed E-state index contributed by atoms with van der Waals surface area (Å²) in [6, 6.07) is 51.8. The van der Waals surface area contributed by atoms with E-state index in [0.29, 0.717) is 17.8 Å². The largest absolute Gasteiger partial charge is 0.333 e. The first-order chi connectivity index (χ1) is 30.7. The fourth-order valence-corrected chi connectivity index (χ4v) is 11.7. The summed E-state index contributed by atoms with van der Waals surface area (Å²) in [6.45, 7) is 25.2.